The summed E-state index contributed by atoms with van der Waals surface area (Å²) in [4.78, 5) is 2.18. The molecule has 3 aromatic rings. The summed E-state index contributed by atoms with van der Waals surface area (Å²) in [6, 6.07) is 23.7. The van der Waals surface area contributed by atoms with Crippen LogP contribution in [0.1, 0.15) is 12.5 Å². The lowest BCUT2D eigenvalue weighted by atomic mass is 10.1. The van der Waals surface area contributed by atoms with Crippen molar-refractivity contribution < 1.29 is 9.47 Å². The van der Waals surface area contributed by atoms with E-state index in [0.29, 0.717) is 13.3 Å². The summed E-state index contributed by atoms with van der Waals surface area (Å²) in [6.07, 6.45) is 0. The highest BCUT2D eigenvalue weighted by Gasteiger charge is 2.18. The van der Waals surface area contributed by atoms with Crippen molar-refractivity contribution in [1.29, 1.82) is 0 Å². The number of hydrogen-bond acceptors (Lipinski definition) is 5. The molecule has 0 amide bonds. The fourth-order valence-corrected chi connectivity index (χ4v) is 2.99. The minimum Gasteiger partial charge on any atom is -0.494 e. The van der Waals surface area contributed by atoms with E-state index in [1.165, 1.54) is 0 Å². The second-order valence-electron chi connectivity index (χ2n) is 6.23. The van der Waals surface area contributed by atoms with Crippen LogP contribution in [0.2, 0.25) is 0 Å². The Balaban J connectivity index is 1.50. The Labute approximate surface area is 158 Å². The van der Waals surface area contributed by atoms with Crippen LogP contribution in [-0.2, 0) is 6.54 Å². The van der Waals surface area contributed by atoms with Gasteiger partial charge in [-0.25, -0.2) is 0 Å². The van der Waals surface area contributed by atoms with Crippen LogP contribution in [0.3, 0.4) is 0 Å². The maximum Gasteiger partial charge on any atom is 0.161 e. The van der Waals surface area contributed by atoms with Gasteiger partial charge in [-0.05, 0) is 61.5 Å². The first-order chi connectivity index (χ1) is 13.3. The van der Waals surface area contributed by atoms with Crippen molar-refractivity contribution in [3.63, 3.8) is 0 Å². The first-order valence-corrected chi connectivity index (χ1v) is 9.02. The SMILES string of the molecule is CCOc1ccc(N2COc3ccc(N=Nc4ccccc4)cc3C2)cc1. The average molecular weight is 359 g/mol. The van der Waals surface area contributed by atoms with E-state index in [4.69, 9.17) is 9.47 Å². The molecule has 0 unspecified atom stereocenters. The van der Waals surface area contributed by atoms with Crippen molar-refractivity contribution in [3.05, 3.63) is 78.4 Å². The van der Waals surface area contributed by atoms with Gasteiger partial charge in [0, 0.05) is 17.8 Å². The molecule has 0 aromatic heterocycles. The van der Waals surface area contributed by atoms with E-state index >= 15 is 0 Å². The van der Waals surface area contributed by atoms with Gasteiger partial charge in [-0.3, -0.25) is 0 Å². The second kappa shape index (κ2) is 7.91. The molecule has 0 spiro atoms. The molecular formula is C22H21N3O2. The first kappa shape index (κ1) is 17.1. The first-order valence-electron chi connectivity index (χ1n) is 9.02. The zero-order valence-corrected chi connectivity index (χ0v) is 15.2. The quantitative estimate of drug-likeness (QED) is 0.536. The van der Waals surface area contributed by atoms with E-state index < -0.39 is 0 Å². The van der Waals surface area contributed by atoms with Crippen molar-refractivity contribution in [3.8, 4) is 11.5 Å². The molecule has 1 aliphatic rings. The second-order valence-corrected chi connectivity index (χ2v) is 6.23. The highest BCUT2D eigenvalue weighted by Crippen LogP contribution is 2.32. The molecule has 4 rings (SSSR count). The van der Waals surface area contributed by atoms with Crippen LogP contribution >= 0.6 is 0 Å². The van der Waals surface area contributed by atoms with Gasteiger partial charge >= 0.3 is 0 Å². The maximum atomic E-state index is 5.91. The number of rotatable bonds is 5. The van der Waals surface area contributed by atoms with Crippen LogP contribution in [0, 0.1) is 0 Å². The molecule has 0 atom stereocenters. The van der Waals surface area contributed by atoms with Gasteiger partial charge in [0.2, 0.25) is 0 Å². The fourth-order valence-electron chi connectivity index (χ4n) is 2.99. The minimum atomic E-state index is 0.520. The molecule has 3 aromatic carbocycles. The third kappa shape index (κ3) is 4.08. The number of benzene rings is 3. The number of nitrogens with zero attached hydrogens (tertiary/aromatic N) is 3. The van der Waals surface area contributed by atoms with Gasteiger partial charge in [-0.2, -0.15) is 10.2 Å². The fraction of sp³-hybridized carbons (Fsp3) is 0.182. The molecule has 27 heavy (non-hydrogen) atoms. The standard InChI is InChI=1S/C22H21N3O2/c1-2-26-21-11-9-20(10-12-21)25-15-17-14-19(8-13-22(17)27-16-25)24-23-18-6-4-3-5-7-18/h3-14H,2,15-16H2,1H3. The van der Waals surface area contributed by atoms with Gasteiger partial charge in [0.1, 0.15) is 11.5 Å². The number of fused-ring (bicyclic) bond motifs is 1. The number of ether oxygens (including phenoxy) is 2. The van der Waals surface area contributed by atoms with E-state index in [2.05, 4.69) is 27.3 Å². The largest absolute Gasteiger partial charge is 0.494 e. The highest BCUT2D eigenvalue weighted by atomic mass is 16.5. The zero-order valence-electron chi connectivity index (χ0n) is 15.2. The van der Waals surface area contributed by atoms with Gasteiger partial charge in [-0.1, -0.05) is 18.2 Å². The van der Waals surface area contributed by atoms with Crippen LogP contribution in [0.15, 0.2) is 83.0 Å². The van der Waals surface area contributed by atoms with Crippen LogP contribution in [0.5, 0.6) is 11.5 Å². The summed E-state index contributed by atoms with van der Waals surface area (Å²) in [5, 5.41) is 8.64. The summed E-state index contributed by atoms with van der Waals surface area (Å²) in [7, 11) is 0. The van der Waals surface area contributed by atoms with Crippen LogP contribution in [0.4, 0.5) is 17.1 Å². The molecular weight excluding hydrogens is 338 g/mol. The minimum absolute atomic E-state index is 0.520. The molecule has 0 saturated heterocycles. The summed E-state index contributed by atoms with van der Waals surface area (Å²) in [5.74, 6) is 1.78. The summed E-state index contributed by atoms with van der Waals surface area (Å²) in [5.41, 5.74) is 3.84. The molecule has 0 radical (unpaired) electrons. The van der Waals surface area contributed by atoms with Gasteiger partial charge in [-0.15, -0.1) is 0 Å². The van der Waals surface area contributed by atoms with Crippen molar-refractivity contribution in [1.82, 2.24) is 0 Å². The molecule has 1 aliphatic heterocycles. The topological polar surface area (TPSA) is 46.4 Å². The average Bonchev–Trinajstić information content (AvgIpc) is 2.73. The lowest BCUT2D eigenvalue weighted by Crippen LogP contribution is -2.31. The Morgan fingerprint density at radius 2 is 1.70 bits per heavy atom. The molecule has 1 heterocycles. The van der Waals surface area contributed by atoms with Crippen LogP contribution < -0.4 is 14.4 Å². The van der Waals surface area contributed by atoms with Crippen molar-refractivity contribution in [2.75, 3.05) is 18.2 Å². The van der Waals surface area contributed by atoms with Gasteiger partial charge in [0.25, 0.3) is 0 Å². The predicted octanol–water partition coefficient (Wildman–Crippen LogP) is 5.86. The Morgan fingerprint density at radius 1 is 0.926 bits per heavy atom. The third-order valence-electron chi connectivity index (χ3n) is 4.33. The van der Waals surface area contributed by atoms with E-state index in [0.717, 1.165) is 40.7 Å². The monoisotopic (exact) mass is 359 g/mol. The summed E-state index contributed by atoms with van der Waals surface area (Å²) < 4.78 is 11.4. The molecule has 5 heteroatoms. The number of anilines is 1. The van der Waals surface area contributed by atoms with Crippen molar-refractivity contribution >= 4 is 17.1 Å². The Hall–Kier alpha value is -3.34. The zero-order chi connectivity index (χ0) is 18.5. The Morgan fingerprint density at radius 3 is 2.48 bits per heavy atom. The lowest BCUT2D eigenvalue weighted by molar-refractivity contribution is 0.289. The van der Waals surface area contributed by atoms with Crippen molar-refractivity contribution in [2.24, 2.45) is 10.2 Å². The molecule has 0 fully saturated rings. The van der Waals surface area contributed by atoms with E-state index in [9.17, 15) is 0 Å². The number of azo groups is 1. The van der Waals surface area contributed by atoms with Crippen LogP contribution in [0.25, 0.3) is 0 Å². The maximum absolute atomic E-state index is 5.91. The third-order valence-corrected chi connectivity index (χ3v) is 4.33. The molecule has 0 aliphatic carbocycles. The van der Waals surface area contributed by atoms with Crippen LogP contribution in [-0.4, -0.2) is 13.3 Å². The highest BCUT2D eigenvalue weighted by molar-refractivity contribution is 5.54. The normalized spacial score (nSPS) is 13.3. The Kier molecular flexibility index (Phi) is 5.01. The van der Waals surface area contributed by atoms with E-state index in [1.54, 1.807) is 0 Å². The predicted molar refractivity (Wildman–Crippen MR) is 106 cm³/mol. The Bertz CT molecular complexity index is 924. The van der Waals surface area contributed by atoms with Gasteiger partial charge < -0.3 is 14.4 Å². The summed E-state index contributed by atoms with van der Waals surface area (Å²) in [6.45, 7) is 3.93. The molecule has 136 valence electrons. The van der Waals surface area contributed by atoms with Gasteiger partial charge in [0.15, 0.2) is 6.73 Å². The van der Waals surface area contributed by atoms with E-state index in [-0.39, 0.29) is 0 Å². The van der Waals surface area contributed by atoms with Gasteiger partial charge in [0.05, 0.1) is 18.0 Å². The molecule has 0 N–H and O–H groups in total. The molecule has 0 saturated carbocycles. The number of hydrogen-bond donors (Lipinski definition) is 0. The lowest BCUT2D eigenvalue weighted by Gasteiger charge is -2.31. The summed E-state index contributed by atoms with van der Waals surface area (Å²) >= 11 is 0. The van der Waals surface area contributed by atoms with Crippen molar-refractivity contribution in [2.45, 2.75) is 13.5 Å². The smallest absolute Gasteiger partial charge is 0.161 e. The van der Waals surface area contributed by atoms with E-state index in [1.807, 2.05) is 67.6 Å². The molecule has 0 bridgehead atoms. The molecule has 5 nitrogen and oxygen atoms in total.